The van der Waals surface area contributed by atoms with Gasteiger partial charge >= 0.3 is 0 Å². The minimum Gasteiger partial charge on any atom is -0.470 e. The van der Waals surface area contributed by atoms with Crippen molar-refractivity contribution in [3.05, 3.63) is 12.7 Å². The first-order chi connectivity index (χ1) is 7.32. The summed E-state index contributed by atoms with van der Waals surface area (Å²) in [5.74, 6) is -0.267. The number of nitrogens with one attached hydrogen (secondary N) is 1. The van der Waals surface area contributed by atoms with Crippen molar-refractivity contribution in [3.8, 4) is 0 Å². The molecule has 0 saturated heterocycles. The van der Waals surface area contributed by atoms with Gasteiger partial charge in [-0.15, -0.1) is 0 Å². The summed E-state index contributed by atoms with van der Waals surface area (Å²) in [7, 11) is 1.62. The Bertz CT molecular complexity index is 241. The molecule has 0 saturated carbocycles. The molecule has 3 nitrogen and oxygen atoms in total. The number of methoxy groups -OCH3 is 1. The van der Waals surface area contributed by atoms with Gasteiger partial charge in [-0.25, -0.2) is 0 Å². The molecule has 0 heterocycles. The highest BCUT2D eigenvalue weighted by atomic mass is 35.6. The Morgan fingerprint density at radius 2 is 2.06 bits per heavy atom. The van der Waals surface area contributed by atoms with Crippen LogP contribution in [0.4, 0.5) is 0 Å². The van der Waals surface area contributed by atoms with Crippen LogP contribution < -0.4 is 0 Å². The third-order valence-electron chi connectivity index (χ3n) is 2.08. The predicted molar refractivity (Wildman–Crippen MR) is 68.7 cm³/mol. The summed E-state index contributed by atoms with van der Waals surface area (Å²) in [6.07, 6.45) is 2.00. The maximum atomic E-state index is 7.45. The highest BCUT2D eigenvalue weighted by Gasteiger charge is 2.31. The van der Waals surface area contributed by atoms with Gasteiger partial charge in [-0.05, 0) is 12.3 Å². The maximum absolute atomic E-state index is 7.45. The minimum absolute atomic E-state index is 0.130. The lowest BCUT2D eigenvalue weighted by Gasteiger charge is -2.24. The van der Waals surface area contributed by atoms with Crippen LogP contribution in [-0.4, -0.2) is 29.5 Å². The smallest absolute Gasteiger partial charge is 0.265 e. The van der Waals surface area contributed by atoms with Gasteiger partial charge in [-0.2, -0.15) is 0 Å². The fourth-order valence-electron chi connectivity index (χ4n) is 1.07. The lowest BCUT2D eigenvalue weighted by Crippen LogP contribution is -2.30. The molecule has 16 heavy (non-hydrogen) atoms. The number of alkyl halides is 3. The minimum atomic E-state index is -1.83. The highest BCUT2D eigenvalue weighted by molar-refractivity contribution is 6.76. The Morgan fingerprint density at radius 3 is 2.44 bits per heavy atom. The van der Waals surface area contributed by atoms with E-state index in [1.165, 1.54) is 0 Å². The molecule has 6 heteroatoms. The van der Waals surface area contributed by atoms with Gasteiger partial charge < -0.3 is 9.47 Å². The van der Waals surface area contributed by atoms with Crippen molar-refractivity contribution in [1.82, 2.24) is 0 Å². The largest absolute Gasteiger partial charge is 0.470 e. The van der Waals surface area contributed by atoms with Crippen molar-refractivity contribution >= 4 is 40.7 Å². The van der Waals surface area contributed by atoms with Gasteiger partial charge in [0.15, 0.2) is 0 Å². The molecule has 94 valence electrons. The van der Waals surface area contributed by atoms with E-state index in [1.807, 2.05) is 6.92 Å². The Labute approximate surface area is 111 Å². The average Bonchev–Trinajstić information content (AvgIpc) is 2.20. The molecule has 0 aromatic carbocycles. The first kappa shape index (κ1) is 16.0. The number of hydrogen-bond donors (Lipinski definition) is 1. The van der Waals surface area contributed by atoms with Crippen LogP contribution in [0.1, 0.15) is 13.3 Å². The van der Waals surface area contributed by atoms with Crippen molar-refractivity contribution in [3.63, 3.8) is 0 Å². The number of rotatable bonds is 6. The average molecular weight is 289 g/mol. The van der Waals surface area contributed by atoms with E-state index in [0.29, 0.717) is 6.61 Å². The zero-order valence-corrected chi connectivity index (χ0v) is 11.6. The molecular formula is C10H16Cl3NO2. The summed E-state index contributed by atoms with van der Waals surface area (Å²) in [5, 5.41) is 7.45. The molecule has 0 amide bonds. The lowest BCUT2D eigenvalue weighted by atomic mass is 10.0. The number of ether oxygens (including phenoxy) is 2. The molecular weight excluding hydrogens is 272 g/mol. The van der Waals surface area contributed by atoms with Gasteiger partial charge in [0.25, 0.3) is 3.79 Å². The summed E-state index contributed by atoms with van der Waals surface area (Å²) in [6.45, 7) is 6.20. The van der Waals surface area contributed by atoms with E-state index in [2.05, 4.69) is 6.58 Å². The monoisotopic (exact) mass is 287 g/mol. The van der Waals surface area contributed by atoms with Crippen LogP contribution in [0.3, 0.4) is 0 Å². The van der Waals surface area contributed by atoms with Crippen LogP contribution in [-0.2, 0) is 9.47 Å². The van der Waals surface area contributed by atoms with E-state index in [4.69, 9.17) is 49.7 Å². The van der Waals surface area contributed by atoms with Gasteiger partial charge in [-0.1, -0.05) is 54.4 Å². The standard InChI is InChI=1S/C10H16Cl3NO2/c1-4-8(7(2)5-6-15-3)16-9(14)10(11,12)13/h4,7-8,14H,1,5-6H2,2-3H3/t7-,8+/m1/s1. The second kappa shape index (κ2) is 7.38. The molecule has 0 radical (unpaired) electrons. The molecule has 0 rings (SSSR count). The third kappa shape index (κ3) is 5.94. The van der Waals surface area contributed by atoms with Gasteiger partial charge in [-0.3, -0.25) is 5.41 Å². The molecule has 2 atom stereocenters. The van der Waals surface area contributed by atoms with E-state index in [0.717, 1.165) is 6.42 Å². The summed E-state index contributed by atoms with van der Waals surface area (Å²) in [5.41, 5.74) is 0. The van der Waals surface area contributed by atoms with Crippen molar-refractivity contribution < 1.29 is 9.47 Å². The molecule has 0 aliphatic rings. The third-order valence-corrected chi connectivity index (χ3v) is 2.60. The fourth-order valence-corrected chi connectivity index (χ4v) is 1.20. The van der Waals surface area contributed by atoms with E-state index in [1.54, 1.807) is 13.2 Å². The fraction of sp³-hybridized carbons (Fsp3) is 0.700. The van der Waals surface area contributed by atoms with E-state index in [-0.39, 0.29) is 12.0 Å². The molecule has 0 aliphatic carbocycles. The maximum Gasteiger partial charge on any atom is 0.265 e. The molecule has 0 aliphatic heterocycles. The second-order valence-corrected chi connectivity index (χ2v) is 5.69. The molecule has 0 bridgehead atoms. The zero-order chi connectivity index (χ0) is 12.8. The molecule has 0 unspecified atom stereocenters. The van der Waals surface area contributed by atoms with Crippen molar-refractivity contribution in [1.29, 1.82) is 5.41 Å². The van der Waals surface area contributed by atoms with E-state index < -0.39 is 9.69 Å². The van der Waals surface area contributed by atoms with Crippen molar-refractivity contribution in [2.45, 2.75) is 23.2 Å². The molecule has 1 N–H and O–H groups in total. The second-order valence-electron chi connectivity index (χ2n) is 3.40. The summed E-state index contributed by atoms with van der Waals surface area (Å²) < 4.78 is 8.36. The zero-order valence-electron chi connectivity index (χ0n) is 9.30. The normalized spacial score (nSPS) is 15.3. The van der Waals surface area contributed by atoms with Crippen LogP contribution in [0.5, 0.6) is 0 Å². The Kier molecular flexibility index (Phi) is 7.40. The Hall–Kier alpha value is 0.0400. The van der Waals surface area contributed by atoms with Crippen LogP contribution in [0.25, 0.3) is 0 Å². The Balaban J connectivity index is 4.29. The first-order valence-corrected chi connectivity index (χ1v) is 5.90. The molecule has 0 aromatic rings. The van der Waals surface area contributed by atoms with Crippen LogP contribution in [0.2, 0.25) is 0 Å². The first-order valence-electron chi connectivity index (χ1n) is 4.76. The van der Waals surface area contributed by atoms with E-state index in [9.17, 15) is 0 Å². The summed E-state index contributed by atoms with van der Waals surface area (Å²) in [4.78, 5) is 0. The lowest BCUT2D eigenvalue weighted by molar-refractivity contribution is 0.125. The topological polar surface area (TPSA) is 42.3 Å². The van der Waals surface area contributed by atoms with Gasteiger partial charge in [0, 0.05) is 13.7 Å². The number of hydrogen-bond acceptors (Lipinski definition) is 3. The molecule has 0 spiro atoms. The summed E-state index contributed by atoms with van der Waals surface area (Å²) in [6, 6.07) is 0. The molecule has 0 fully saturated rings. The van der Waals surface area contributed by atoms with Crippen molar-refractivity contribution in [2.24, 2.45) is 5.92 Å². The number of halogens is 3. The van der Waals surface area contributed by atoms with Crippen LogP contribution in [0.15, 0.2) is 12.7 Å². The highest BCUT2D eigenvalue weighted by Crippen LogP contribution is 2.29. The van der Waals surface area contributed by atoms with Gasteiger partial charge in [0.1, 0.15) is 6.10 Å². The molecule has 0 aromatic heterocycles. The van der Waals surface area contributed by atoms with Crippen molar-refractivity contribution in [2.75, 3.05) is 13.7 Å². The van der Waals surface area contributed by atoms with Crippen LogP contribution >= 0.6 is 34.8 Å². The van der Waals surface area contributed by atoms with Gasteiger partial charge in [0.2, 0.25) is 5.90 Å². The summed E-state index contributed by atoms with van der Waals surface area (Å²) >= 11 is 16.5. The predicted octanol–water partition coefficient (Wildman–Crippen LogP) is 3.58. The van der Waals surface area contributed by atoms with Crippen LogP contribution in [0, 0.1) is 11.3 Å². The van der Waals surface area contributed by atoms with Gasteiger partial charge in [0.05, 0.1) is 0 Å². The quantitative estimate of drug-likeness (QED) is 0.351. The Morgan fingerprint density at radius 1 is 1.50 bits per heavy atom. The SMILES string of the molecule is C=C[C@H](OC(=N)C(Cl)(Cl)Cl)[C@H](C)CCOC. The van der Waals surface area contributed by atoms with E-state index >= 15 is 0 Å².